The van der Waals surface area contributed by atoms with E-state index in [1.807, 2.05) is 23.5 Å². The molecule has 1 aliphatic heterocycles. The maximum Gasteiger partial charge on any atom is 0.251 e. The van der Waals surface area contributed by atoms with E-state index in [9.17, 15) is 4.79 Å². The van der Waals surface area contributed by atoms with E-state index in [0.717, 1.165) is 31.1 Å². The van der Waals surface area contributed by atoms with Crippen molar-refractivity contribution >= 4 is 17.2 Å². The van der Waals surface area contributed by atoms with Crippen molar-refractivity contribution in [3.8, 4) is 0 Å². The number of carbonyl (C=O) groups is 1. The van der Waals surface area contributed by atoms with Gasteiger partial charge in [0.05, 0.1) is 0 Å². The Morgan fingerprint density at radius 3 is 2.42 bits per heavy atom. The Bertz CT molecular complexity index is 693. The molecule has 0 bridgehead atoms. The van der Waals surface area contributed by atoms with E-state index in [-0.39, 0.29) is 11.3 Å². The average Bonchev–Trinajstić information content (AvgIpc) is 3.16. The van der Waals surface area contributed by atoms with Crippen LogP contribution in [0.2, 0.25) is 0 Å². The summed E-state index contributed by atoms with van der Waals surface area (Å²) < 4.78 is 0. The minimum absolute atomic E-state index is 0.0268. The molecule has 1 saturated heterocycles. The van der Waals surface area contributed by atoms with Crippen LogP contribution in [0.15, 0.2) is 41.8 Å². The Labute approximate surface area is 161 Å². The molecule has 1 aromatic heterocycles. The lowest BCUT2D eigenvalue weighted by molar-refractivity contribution is 0.0946. The number of nitrogens with zero attached hydrogens (tertiary/aromatic N) is 1. The molecule has 0 aliphatic carbocycles. The second-order valence-corrected chi connectivity index (χ2v) is 9.19. The zero-order valence-corrected chi connectivity index (χ0v) is 16.9. The largest absolute Gasteiger partial charge is 0.351 e. The van der Waals surface area contributed by atoms with E-state index in [1.54, 1.807) is 0 Å². The van der Waals surface area contributed by atoms with Gasteiger partial charge in [-0.2, -0.15) is 0 Å². The maximum absolute atomic E-state index is 12.3. The first-order valence-electron chi connectivity index (χ1n) is 9.58. The van der Waals surface area contributed by atoms with Gasteiger partial charge >= 0.3 is 0 Å². The van der Waals surface area contributed by atoms with Gasteiger partial charge in [-0.3, -0.25) is 4.79 Å². The lowest BCUT2D eigenvalue weighted by atomic mass is 9.87. The zero-order chi connectivity index (χ0) is 18.6. The fourth-order valence-corrected chi connectivity index (χ4v) is 4.42. The first-order valence-corrected chi connectivity index (χ1v) is 10.5. The number of likely N-dealkylation sites (tertiary alicyclic amines) is 1. The number of amides is 1. The number of benzene rings is 1. The summed E-state index contributed by atoms with van der Waals surface area (Å²) in [5.74, 6) is 0.751. The molecule has 1 N–H and O–H groups in total. The Morgan fingerprint density at radius 2 is 1.85 bits per heavy atom. The number of nitrogens with one attached hydrogen (secondary N) is 1. The van der Waals surface area contributed by atoms with Gasteiger partial charge in [-0.05, 0) is 66.4 Å². The van der Waals surface area contributed by atoms with Crippen LogP contribution in [0, 0.1) is 0 Å². The van der Waals surface area contributed by atoms with Crippen molar-refractivity contribution in [2.24, 2.45) is 0 Å². The molecule has 0 spiro atoms. The monoisotopic (exact) mass is 370 g/mol. The van der Waals surface area contributed by atoms with E-state index < -0.39 is 0 Å². The van der Waals surface area contributed by atoms with Crippen LogP contribution in [0.5, 0.6) is 0 Å². The van der Waals surface area contributed by atoms with Gasteiger partial charge < -0.3 is 10.2 Å². The van der Waals surface area contributed by atoms with Gasteiger partial charge in [0.2, 0.25) is 0 Å². The molecule has 2 aromatic rings. The van der Waals surface area contributed by atoms with Crippen molar-refractivity contribution in [3.05, 3.63) is 57.8 Å². The molecular weight excluding hydrogens is 340 g/mol. The second kappa shape index (κ2) is 8.36. The van der Waals surface area contributed by atoms with Crippen LogP contribution in [0.3, 0.4) is 0 Å². The first kappa shape index (κ1) is 19.1. The third kappa shape index (κ3) is 4.95. The number of thiophene rings is 1. The summed E-state index contributed by atoms with van der Waals surface area (Å²) in [6.07, 6.45) is 2.45. The average molecular weight is 371 g/mol. The molecule has 3 nitrogen and oxygen atoms in total. The number of carbonyl (C=O) groups excluding carboxylic acids is 1. The highest BCUT2D eigenvalue weighted by Crippen LogP contribution is 2.30. The lowest BCUT2D eigenvalue weighted by Crippen LogP contribution is -2.39. The van der Waals surface area contributed by atoms with Gasteiger partial charge in [0.25, 0.3) is 5.91 Å². The Morgan fingerprint density at radius 1 is 1.15 bits per heavy atom. The van der Waals surface area contributed by atoms with Crippen molar-refractivity contribution < 1.29 is 4.79 Å². The van der Waals surface area contributed by atoms with Crippen molar-refractivity contribution in [3.63, 3.8) is 0 Å². The van der Waals surface area contributed by atoms with Crippen molar-refractivity contribution in [1.29, 1.82) is 0 Å². The summed E-state index contributed by atoms with van der Waals surface area (Å²) in [7, 11) is 0. The predicted molar refractivity (Wildman–Crippen MR) is 110 cm³/mol. The molecule has 4 heteroatoms. The Hall–Kier alpha value is -1.65. The number of rotatable bonds is 5. The summed E-state index contributed by atoms with van der Waals surface area (Å²) in [5, 5.41) is 5.24. The van der Waals surface area contributed by atoms with Crippen molar-refractivity contribution in [2.75, 3.05) is 26.2 Å². The molecule has 0 saturated carbocycles. The van der Waals surface area contributed by atoms with Gasteiger partial charge in [0.1, 0.15) is 0 Å². The quantitative estimate of drug-likeness (QED) is 0.830. The van der Waals surface area contributed by atoms with Crippen LogP contribution in [0.4, 0.5) is 0 Å². The Balaban J connectivity index is 1.40. The minimum atomic E-state index is 0.0268. The van der Waals surface area contributed by atoms with Crippen LogP contribution in [-0.2, 0) is 5.41 Å². The highest BCUT2D eigenvalue weighted by Gasteiger charge is 2.21. The number of hydrogen-bond donors (Lipinski definition) is 1. The second-order valence-electron chi connectivity index (χ2n) is 8.21. The molecule has 1 fully saturated rings. The van der Waals surface area contributed by atoms with Crippen LogP contribution < -0.4 is 5.32 Å². The van der Waals surface area contributed by atoms with Gasteiger partial charge in [-0.15, -0.1) is 11.3 Å². The summed E-state index contributed by atoms with van der Waals surface area (Å²) in [5.41, 5.74) is 2.11. The fraction of sp³-hybridized carbons (Fsp3) is 0.500. The molecule has 1 aromatic carbocycles. The minimum Gasteiger partial charge on any atom is -0.351 e. The van der Waals surface area contributed by atoms with E-state index in [1.165, 1.54) is 23.3 Å². The summed E-state index contributed by atoms with van der Waals surface area (Å²) in [4.78, 5) is 16.3. The highest BCUT2D eigenvalue weighted by atomic mass is 32.1. The van der Waals surface area contributed by atoms with E-state index in [0.29, 0.717) is 6.54 Å². The molecule has 0 unspecified atom stereocenters. The van der Waals surface area contributed by atoms with Crippen LogP contribution in [0.25, 0.3) is 0 Å². The standard InChI is InChI=1S/C22H30N2OS/c1-22(2,3)19-8-6-18(7-9-19)21(25)23-12-15-24-13-10-17(11-14-24)20-5-4-16-26-20/h4-9,16-17H,10-15H2,1-3H3,(H,23,25). The molecule has 3 rings (SSSR count). The van der Waals surface area contributed by atoms with Gasteiger partial charge in [0, 0.05) is 23.5 Å². The first-order chi connectivity index (χ1) is 12.4. The summed E-state index contributed by atoms with van der Waals surface area (Å²) in [6, 6.07) is 12.4. The molecule has 140 valence electrons. The molecule has 0 radical (unpaired) electrons. The molecule has 1 aliphatic rings. The van der Waals surface area contributed by atoms with Gasteiger partial charge in [-0.1, -0.05) is 39.0 Å². The third-order valence-corrected chi connectivity index (χ3v) is 6.29. The maximum atomic E-state index is 12.3. The van der Waals surface area contributed by atoms with Crippen molar-refractivity contribution in [2.45, 2.75) is 44.9 Å². The van der Waals surface area contributed by atoms with Crippen LogP contribution in [0.1, 0.15) is 60.3 Å². The SMILES string of the molecule is CC(C)(C)c1ccc(C(=O)NCCN2CCC(c3cccs3)CC2)cc1. The molecule has 26 heavy (non-hydrogen) atoms. The van der Waals surface area contributed by atoms with Crippen LogP contribution in [-0.4, -0.2) is 37.0 Å². The number of piperidine rings is 1. The molecule has 0 atom stereocenters. The fourth-order valence-electron chi connectivity index (χ4n) is 3.52. The van der Waals surface area contributed by atoms with Gasteiger partial charge in [0.15, 0.2) is 0 Å². The third-order valence-electron chi connectivity index (χ3n) is 5.26. The highest BCUT2D eigenvalue weighted by molar-refractivity contribution is 7.10. The van der Waals surface area contributed by atoms with E-state index in [4.69, 9.17) is 0 Å². The van der Waals surface area contributed by atoms with Crippen LogP contribution >= 0.6 is 11.3 Å². The van der Waals surface area contributed by atoms with E-state index >= 15 is 0 Å². The normalized spacial score (nSPS) is 16.6. The lowest BCUT2D eigenvalue weighted by Gasteiger charge is -2.31. The Kier molecular flexibility index (Phi) is 6.15. The topological polar surface area (TPSA) is 32.3 Å². The summed E-state index contributed by atoms with van der Waals surface area (Å²) in [6.45, 7) is 10.4. The smallest absolute Gasteiger partial charge is 0.251 e. The van der Waals surface area contributed by atoms with E-state index in [2.05, 4.69) is 60.6 Å². The molecule has 2 heterocycles. The molecular formula is C22H30N2OS. The molecule has 1 amide bonds. The summed E-state index contributed by atoms with van der Waals surface area (Å²) >= 11 is 1.88. The van der Waals surface area contributed by atoms with Crippen molar-refractivity contribution in [1.82, 2.24) is 10.2 Å². The predicted octanol–water partition coefficient (Wildman–Crippen LogP) is 4.66. The van der Waals surface area contributed by atoms with Gasteiger partial charge in [-0.25, -0.2) is 0 Å². The number of hydrogen-bond acceptors (Lipinski definition) is 3. The zero-order valence-electron chi connectivity index (χ0n) is 16.1.